The molecule has 1 aliphatic rings. The molecule has 2 atom stereocenters. The molecule has 0 bridgehead atoms. The van der Waals surface area contributed by atoms with Crippen LogP contribution < -0.4 is 11.1 Å². The average Bonchev–Trinajstić information content (AvgIpc) is 2.77. The average molecular weight is 459 g/mol. The number of anilines is 2. The largest absolute Gasteiger partial charge is 0.383 e. The molecule has 2 heterocycles. The van der Waals surface area contributed by atoms with Crippen LogP contribution in [0.1, 0.15) is 37.9 Å². The summed E-state index contributed by atoms with van der Waals surface area (Å²) in [6.07, 6.45) is 1.34. The normalized spacial score (nSPS) is 18.4. The first-order chi connectivity index (χ1) is 15.5. The molecular formula is C23H27F2N5O3. The van der Waals surface area contributed by atoms with Gasteiger partial charge in [-0.15, -0.1) is 0 Å². The molecule has 2 aromatic rings. The maximum Gasteiger partial charge on any atom is 0.313 e. The van der Waals surface area contributed by atoms with Crippen molar-refractivity contribution in [3.8, 4) is 0 Å². The van der Waals surface area contributed by atoms with E-state index < -0.39 is 29.5 Å². The molecule has 176 valence electrons. The number of nitrogens with one attached hydrogen (secondary N) is 1. The van der Waals surface area contributed by atoms with Crippen molar-refractivity contribution < 1.29 is 23.2 Å². The van der Waals surface area contributed by atoms with E-state index in [1.807, 2.05) is 0 Å². The number of carbonyl (C=O) groups excluding carboxylic acids is 3. The number of halogens is 2. The van der Waals surface area contributed by atoms with Gasteiger partial charge in [0.05, 0.1) is 17.9 Å². The molecule has 0 aliphatic carbocycles. The van der Waals surface area contributed by atoms with E-state index >= 15 is 0 Å². The molecule has 3 amide bonds. The van der Waals surface area contributed by atoms with Crippen molar-refractivity contribution in [1.82, 2.24) is 14.8 Å². The van der Waals surface area contributed by atoms with Crippen LogP contribution in [0.15, 0.2) is 30.5 Å². The fourth-order valence-corrected chi connectivity index (χ4v) is 3.81. The van der Waals surface area contributed by atoms with Crippen LogP contribution in [0, 0.1) is 24.5 Å². The van der Waals surface area contributed by atoms with Gasteiger partial charge in [-0.3, -0.25) is 14.4 Å². The van der Waals surface area contributed by atoms with Crippen molar-refractivity contribution in [3.05, 3.63) is 53.2 Å². The highest BCUT2D eigenvalue weighted by Crippen LogP contribution is 2.30. The minimum atomic E-state index is -1.08. The van der Waals surface area contributed by atoms with Crippen molar-refractivity contribution in [3.63, 3.8) is 0 Å². The summed E-state index contributed by atoms with van der Waals surface area (Å²) in [6.45, 7) is 7.10. The van der Waals surface area contributed by atoms with Gasteiger partial charge in [0.25, 0.3) is 0 Å². The number of hydrogen-bond donors (Lipinski definition) is 2. The number of nitrogens with zero attached hydrogens (tertiary/aromatic N) is 3. The number of nitrogen functional groups attached to an aromatic ring is 1. The Bertz CT molecular complexity index is 1090. The smallest absolute Gasteiger partial charge is 0.313 e. The van der Waals surface area contributed by atoms with Crippen LogP contribution >= 0.6 is 0 Å². The molecule has 0 saturated carbocycles. The zero-order chi connectivity index (χ0) is 24.4. The fraction of sp³-hybridized carbons (Fsp3) is 0.391. The quantitative estimate of drug-likeness (QED) is 0.686. The standard InChI is InChI=1S/C23H27F2N5O3/c1-12(2)22(32)29-11-19(15-5-6-17(24)18(25)8-15)30(10-14(29)4)23(33)21(31)28-16-7-13(3)20(26)27-9-16/h5-9,12,14,19H,10-11H2,1-4H3,(H2,26,27)(H,28,31)/t14-,19+/m1/s1. The number of hydrogen-bond acceptors (Lipinski definition) is 5. The first kappa shape index (κ1) is 24.1. The second-order valence-electron chi connectivity index (χ2n) is 8.52. The Morgan fingerprint density at radius 2 is 1.82 bits per heavy atom. The number of benzene rings is 1. The van der Waals surface area contributed by atoms with E-state index in [0.29, 0.717) is 17.1 Å². The van der Waals surface area contributed by atoms with Gasteiger partial charge >= 0.3 is 11.8 Å². The Labute approximate surface area is 190 Å². The number of amides is 3. The van der Waals surface area contributed by atoms with Crippen LogP contribution in [0.2, 0.25) is 0 Å². The number of rotatable bonds is 3. The summed E-state index contributed by atoms with van der Waals surface area (Å²) >= 11 is 0. The highest BCUT2D eigenvalue weighted by molar-refractivity contribution is 6.39. The van der Waals surface area contributed by atoms with Gasteiger partial charge < -0.3 is 20.9 Å². The highest BCUT2D eigenvalue weighted by Gasteiger charge is 2.40. The molecule has 3 N–H and O–H groups in total. The summed E-state index contributed by atoms with van der Waals surface area (Å²) < 4.78 is 27.5. The minimum absolute atomic E-state index is 0.0464. The molecule has 1 fully saturated rings. The van der Waals surface area contributed by atoms with E-state index in [1.165, 1.54) is 17.2 Å². The summed E-state index contributed by atoms with van der Waals surface area (Å²) in [6, 6.07) is 3.68. The maximum atomic E-state index is 14.0. The first-order valence-corrected chi connectivity index (χ1v) is 10.6. The third kappa shape index (κ3) is 5.10. The molecule has 1 aromatic carbocycles. The lowest BCUT2D eigenvalue weighted by Gasteiger charge is -2.45. The maximum absolute atomic E-state index is 14.0. The van der Waals surface area contributed by atoms with E-state index in [4.69, 9.17) is 5.73 Å². The monoisotopic (exact) mass is 459 g/mol. The zero-order valence-corrected chi connectivity index (χ0v) is 18.9. The second-order valence-corrected chi connectivity index (χ2v) is 8.52. The van der Waals surface area contributed by atoms with Crippen LogP contribution in [-0.4, -0.2) is 51.6 Å². The molecule has 33 heavy (non-hydrogen) atoms. The predicted octanol–water partition coefficient (Wildman–Crippen LogP) is 2.65. The van der Waals surface area contributed by atoms with Gasteiger partial charge in [0.1, 0.15) is 5.82 Å². The summed E-state index contributed by atoms with van der Waals surface area (Å²) in [4.78, 5) is 45.5. The van der Waals surface area contributed by atoms with Crippen molar-refractivity contribution in [2.75, 3.05) is 24.1 Å². The number of aryl methyl sites for hydroxylation is 1. The molecule has 0 unspecified atom stereocenters. The Balaban J connectivity index is 1.91. The van der Waals surface area contributed by atoms with Crippen molar-refractivity contribution in [2.24, 2.45) is 5.92 Å². The second kappa shape index (κ2) is 9.51. The van der Waals surface area contributed by atoms with E-state index in [9.17, 15) is 23.2 Å². The van der Waals surface area contributed by atoms with Gasteiger partial charge in [-0.1, -0.05) is 19.9 Å². The number of aromatic nitrogens is 1. The van der Waals surface area contributed by atoms with E-state index in [1.54, 1.807) is 38.7 Å². The lowest BCUT2D eigenvalue weighted by Crippen LogP contribution is -2.59. The molecule has 1 aliphatic heterocycles. The number of piperazine rings is 1. The van der Waals surface area contributed by atoms with Crippen LogP contribution in [0.5, 0.6) is 0 Å². The Morgan fingerprint density at radius 1 is 1.12 bits per heavy atom. The van der Waals surface area contributed by atoms with Crippen LogP contribution in [0.25, 0.3) is 0 Å². The Morgan fingerprint density at radius 3 is 2.42 bits per heavy atom. The van der Waals surface area contributed by atoms with Crippen LogP contribution in [0.4, 0.5) is 20.3 Å². The number of pyridine rings is 1. The number of nitrogens with two attached hydrogens (primary N) is 1. The van der Waals surface area contributed by atoms with Crippen molar-refractivity contribution >= 4 is 29.2 Å². The lowest BCUT2D eigenvalue weighted by molar-refractivity contribution is -0.152. The van der Waals surface area contributed by atoms with E-state index in [2.05, 4.69) is 10.3 Å². The molecule has 0 radical (unpaired) electrons. The van der Waals surface area contributed by atoms with Gasteiger partial charge in [-0.25, -0.2) is 13.8 Å². The fourth-order valence-electron chi connectivity index (χ4n) is 3.81. The predicted molar refractivity (Wildman–Crippen MR) is 119 cm³/mol. The molecule has 8 nitrogen and oxygen atoms in total. The van der Waals surface area contributed by atoms with Gasteiger partial charge in [0, 0.05) is 25.0 Å². The SMILES string of the molecule is Cc1cc(NC(=O)C(=O)N2C[C@@H](C)N(C(=O)C(C)C)C[C@H]2c2ccc(F)c(F)c2)cnc1N. The van der Waals surface area contributed by atoms with E-state index in [0.717, 1.165) is 12.1 Å². The van der Waals surface area contributed by atoms with Crippen molar-refractivity contribution in [1.29, 1.82) is 0 Å². The van der Waals surface area contributed by atoms with Crippen LogP contribution in [-0.2, 0) is 14.4 Å². The third-order valence-corrected chi connectivity index (χ3v) is 5.68. The Hall–Kier alpha value is -3.56. The van der Waals surface area contributed by atoms with Gasteiger partial charge in [0.15, 0.2) is 11.6 Å². The topological polar surface area (TPSA) is 109 Å². The van der Waals surface area contributed by atoms with E-state index in [-0.39, 0.29) is 36.5 Å². The minimum Gasteiger partial charge on any atom is -0.383 e. The first-order valence-electron chi connectivity index (χ1n) is 10.6. The van der Waals surface area contributed by atoms with Crippen LogP contribution in [0.3, 0.4) is 0 Å². The Kier molecular flexibility index (Phi) is 6.95. The summed E-state index contributed by atoms with van der Waals surface area (Å²) in [5.41, 5.74) is 6.90. The van der Waals surface area contributed by atoms with Crippen molar-refractivity contribution in [2.45, 2.75) is 39.8 Å². The zero-order valence-electron chi connectivity index (χ0n) is 18.9. The molecule has 0 spiro atoms. The molecule has 1 aromatic heterocycles. The van der Waals surface area contributed by atoms with Gasteiger partial charge in [-0.2, -0.15) is 0 Å². The molecule has 1 saturated heterocycles. The van der Waals surface area contributed by atoms with Gasteiger partial charge in [-0.05, 0) is 43.2 Å². The lowest BCUT2D eigenvalue weighted by atomic mass is 9.97. The highest BCUT2D eigenvalue weighted by atomic mass is 19.2. The summed E-state index contributed by atoms with van der Waals surface area (Å²) in [5.74, 6) is -3.99. The summed E-state index contributed by atoms with van der Waals surface area (Å²) in [5, 5.41) is 2.50. The molecular weight excluding hydrogens is 432 g/mol. The third-order valence-electron chi connectivity index (χ3n) is 5.68. The van der Waals surface area contributed by atoms with Gasteiger partial charge in [0.2, 0.25) is 5.91 Å². The summed E-state index contributed by atoms with van der Waals surface area (Å²) in [7, 11) is 0. The number of carbonyl (C=O) groups is 3. The molecule has 10 heteroatoms. The molecule has 3 rings (SSSR count).